The molecule has 196 valence electrons. The zero-order chi connectivity index (χ0) is 27.0. The molecule has 0 radical (unpaired) electrons. The van der Waals surface area contributed by atoms with E-state index in [9.17, 15) is 19.2 Å². The number of aryl methyl sites for hydroxylation is 1. The number of ketones is 1. The van der Waals surface area contributed by atoms with Crippen LogP contribution in [0.1, 0.15) is 25.8 Å². The van der Waals surface area contributed by atoms with Crippen molar-refractivity contribution in [1.82, 2.24) is 5.32 Å². The third-order valence-electron chi connectivity index (χ3n) is 5.35. The molecule has 37 heavy (non-hydrogen) atoms. The van der Waals surface area contributed by atoms with Crippen LogP contribution in [0.2, 0.25) is 0 Å². The average Bonchev–Trinajstić information content (AvgIpc) is 2.90. The van der Waals surface area contributed by atoms with E-state index >= 15 is 0 Å². The minimum absolute atomic E-state index is 0.386. The predicted octanol–water partition coefficient (Wildman–Crippen LogP) is 4.53. The Balaban J connectivity index is 0.000000394. The van der Waals surface area contributed by atoms with E-state index in [1.165, 1.54) is 16.3 Å². The van der Waals surface area contributed by atoms with Crippen LogP contribution in [0.4, 0.5) is 0 Å². The van der Waals surface area contributed by atoms with Gasteiger partial charge in [0.15, 0.2) is 12.4 Å². The van der Waals surface area contributed by atoms with Crippen molar-refractivity contribution in [3.8, 4) is 0 Å². The molecule has 3 aromatic carbocycles. The van der Waals surface area contributed by atoms with E-state index < -0.39 is 42.7 Å². The second kappa shape index (κ2) is 16.2. The molecule has 1 amide bonds. The summed E-state index contributed by atoms with van der Waals surface area (Å²) < 4.78 is 4.59. The monoisotopic (exact) mass is 523 g/mol. The van der Waals surface area contributed by atoms with Crippen molar-refractivity contribution < 1.29 is 29.0 Å². The molecular weight excluding hydrogens is 490 g/mol. The summed E-state index contributed by atoms with van der Waals surface area (Å²) in [6, 6.07) is 25.5. The van der Waals surface area contributed by atoms with Crippen molar-refractivity contribution in [2.45, 2.75) is 32.7 Å². The number of benzene rings is 3. The highest BCUT2D eigenvalue weighted by Gasteiger charge is 2.26. The van der Waals surface area contributed by atoms with Crippen LogP contribution in [0.3, 0.4) is 0 Å². The molecule has 0 bridgehead atoms. The van der Waals surface area contributed by atoms with Gasteiger partial charge in [0.1, 0.15) is 6.04 Å². The molecule has 2 unspecified atom stereocenters. The number of nitrogens with one attached hydrogen (secondary N) is 1. The molecule has 0 saturated heterocycles. The maximum Gasteiger partial charge on any atom is 0.305 e. The summed E-state index contributed by atoms with van der Waals surface area (Å²) in [6.45, 7) is 2.31. The Labute approximate surface area is 221 Å². The normalized spacial score (nSPS) is 11.9. The average molecular weight is 524 g/mol. The van der Waals surface area contributed by atoms with Gasteiger partial charge in [0, 0.05) is 18.6 Å². The third kappa shape index (κ3) is 11.8. The van der Waals surface area contributed by atoms with E-state index in [0.29, 0.717) is 5.75 Å². The number of amides is 1. The standard InChI is InChI=1S/C19H25NO6S.C10H8/c1-13(12-27-9-8-15-6-4-3-5-7-15)19(25)20-16(10-18(23)24)17(22)11-26-14(2)21;1-2-6-10-8-4-3-7-9(10)5-1/h3-7,13,16H,8-12H2,1-2H3,(H,20,25)(H,23,24);1-8H. The smallest absolute Gasteiger partial charge is 0.305 e. The summed E-state index contributed by atoms with van der Waals surface area (Å²) in [4.78, 5) is 46.0. The largest absolute Gasteiger partial charge is 0.481 e. The first kappa shape index (κ1) is 29.6. The highest BCUT2D eigenvalue weighted by Crippen LogP contribution is 2.13. The van der Waals surface area contributed by atoms with Crippen LogP contribution in [-0.2, 0) is 30.3 Å². The minimum Gasteiger partial charge on any atom is -0.481 e. The highest BCUT2D eigenvalue weighted by molar-refractivity contribution is 7.99. The van der Waals surface area contributed by atoms with Gasteiger partial charge in [0.2, 0.25) is 5.91 Å². The van der Waals surface area contributed by atoms with Crippen LogP contribution >= 0.6 is 11.8 Å². The zero-order valence-electron chi connectivity index (χ0n) is 21.1. The Kier molecular flexibility index (Phi) is 12.9. The molecular formula is C29H33NO6S. The SMILES string of the molecule is CC(=O)OCC(=O)C(CC(=O)O)NC(=O)C(C)CSCCc1ccccc1.c1ccc2ccccc2c1. The number of rotatable bonds is 12. The van der Waals surface area contributed by atoms with Gasteiger partial charge >= 0.3 is 11.9 Å². The lowest BCUT2D eigenvalue weighted by Gasteiger charge is -2.18. The fraction of sp³-hybridized carbons (Fsp3) is 0.310. The molecule has 0 fully saturated rings. The van der Waals surface area contributed by atoms with Crippen LogP contribution in [0.5, 0.6) is 0 Å². The number of esters is 1. The lowest BCUT2D eigenvalue weighted by molar-refractivity contribution is -0.147. The van der Waals surface area contributed by atoms with E-state index in [1.807, 2.05) is 30.3 Å². The lowest BCUT2D eigenvalue weighted by Crippen LogP contribution is -2.46. The molecule has 3 rings (SSSR count). The first-order valence-electron chi connectivity index (χ1n) is 12.0. The van der Waals surface area contributed by atoms with E-state index in [1.54, 1.807) is 18.7 Å². The van der Waals surface area contributed by atoms with E-state index in [2.05, 4.69) is 58.6 Å². The zero-order valence-corrected chi connectivity index (χ0v) is 21.9. The van der Waals surface area contributed by atoms with Crippen molar-refractivity contribution in [2.75, 3.05) is 18.1 Å². The molecule has 7 nitrogen and oxygen atoms in total. The van der Waals surface area contributed by atoms with Crippen LogP contribution in [0, 0.1) is 5.92 Å². The van der Waals surface area contributed by atoms with Gasteiger partial charge in [0.25, 0.3) is 0 Å². The molecule has 0 aliphatic heterocycles. The summed E-state index contributed by atoms with van der Waals surface area (Å²) in [6.07, 6.45) is 0.335. The number of hydrogen-bond acceptors (Lipinski definition) is 6. The second-order valence-electron chi connectivity index (χ2n) is 8.46. The van der Waals surface area contributed by atoms with Crippen molar-refractivity contribution in [2.24, 2.45) is 5.92 Å². The number of ether oxygens (including phenoxy) is 1. The van der Waals surface area contributed by atoms with Crippen LogP contribution in [-0.4, -0.2) is 52.9 Å². The Bertz CT molecular complexity index is 1100. The van der Waals surface area contributed by atoms with Crippen LogP contribution in [0.25, 0.3) is 10.8 Å². The van der Waals surface area contributed by atoms with E-state index in [0.717, 1.165) is 19.1 Å². The topological polar surface area (TPSA) is 110 Å². The van der Waals surface area contributed by atoms with Crippen molar-refractivity contribution in [1.29, 1.82) is 0 Å². The number of fused-ring (bicyclic) bond motifs is 1. The summed E-state index contributed by atoms with van der Waals surface area (Å²) in [5.41, 5.74) is 1.22. The van der Waals surface area contributed by atoms with Gasteiger partial charge in [0.05, 0.1) is 6.42 Å². The minimum atomic E-state index is -1.22. The number of thioether (sulfide) groups is 1. The molecule has 2 atom stereocenters. The summed E-state index contributed by atoms with van der Waals surface area (Å²) >= 11 is 1.62. The van der Waals surface area contributed by atoms with Gasteiger partial charge < -0.3 is 15.2 Å². The number of Topliss-reactive ketones (excluding diaryl/α,β-unsaturated/α-hetero) is 1. The van der Waals surface area contributed by atoms with E-state index in [-0.39, 0.29) is 5.92 Å². The fourth-order valence-corrected chi connectivity index (χ4v) is 4.36. The molecule has 0 aliphatic rings. The molecule has 0 heterocycles. The summed E-state index contributed by atoms with van der Waals surface area (Å²) in [5.74, 6) is -1.89. The fourth-order valence-electron chi connectivity index (χ4n) is 3.31. The maximum absolute atomic E-state index is 12.3. The number of aliphatic carboxylic acids is 1. The first-order valence-corrected chi connectivity index (χ1v) is 13.2. The molecule has 8 heteroatoms. The van der Waals surface area contributed by atoms with Gasteiger partial charge in [-0.05, 0) is 28.5 Å². The van der Waals surface area contributed by atoms with Gasteiger partial charge in [-0.1, -0.05) is 85.8 Å². The highest BCUT2D eigenvalue weighted by atomic mass is 32.2. The number of carboxylic acids is 1. The van der Waals surface area contributed by atoms with Gasteiger partial charge in [-0.3, -0.25) is 19.2 Å². The Morgan fingerprint density at radius 3 is 1.95 bits per heavy atom. The second-order valence-corrected chi connectivity index (χ2v) is 9.61. The quantitative estimate of drug-likeness (QED) is 0.265. The summed E-state index contributed by atoms with van der Waals surface area (Å²) in [5, 5.41) is 14.0. The van der Waals surface area contributed by atoms with Crippen molar-refractivity contribution in [3.05, 3.63) is 84.4 Å². The van der Waals surface area contributed by atoms with Gasteiger partial charge in [-0.2, -0.15) is 11.8 Å². The molecule has 3 aromatic rings. The van der Waals surface area contributed by atoms with Crippen molar-refractivity contribution in [3.63, 3.8) is 0 Å². The molecule has 0 aliphatic carbocycles. The van der Waals surface area contributed by atoms with Crippen molar-refractivity contribution >= 4 is 46.2 Å². The van der Waals surface area contributed by atoms with E-state index in [4.69, 9.17) is 5.11 Å². The Hall–Kier alpha value is -3.65. The molecule has 2 N–H and O–H groups in total. The number of carbonyl (C=O) groups is 4. The number of carboxylic acid groups (broad SMARTS) is 1. The molecule has 0 spiro atoms. The Morgan fingerprint density at radius 1 is 0.892 bits per heavy atom. The van der Waals surface area contributed by atoms with Crippen LogP contribution in [0.15, 0.2) is 78.9 Å². The molecule has 0 saturated carbocycles. The third-order valence-corrected chi connectivity index (χ3v) is 6.58. The van der Waals surface area contributed by atoms with Crippen LogP contribution < -0.4 is 5.32 Å². The van der Waals surface area contributed by atoms with Gasteiger partial charge in [-0.25, -0.2) is 0 Å². The maximum atomic E-state index is 12.3. The number of carbonyl (C=O) groups excluding carboxylic acids is 3. The number of hydrogen-bond donors (Lipinski definition) is 2. The summed E-state index contributed by atoms with van der Waals surface area (Å²) in [7, 11) is 0. The van der Waals surface area contributed by atoms with Gasteiger partial charge in [-0.15, -0.1) is 0 Å². The Morgan fingerprint density at radius 2 is 1.43 bits per heavy atom. The predicted molar refractivity (Wildman–Crippen MR) is 146 cm³/mol. The first-order chi connectivity index (χ1) is 17.8. The molecule has 0 aromatic heterocycles. The lowest BCUT2D eigenvalue weighted by atomic mass is 10.1.